The zero-order valence-corrected chi connectivity index (χ0v) is 14.0. The van der Waals surface area contributed by atoms with Gasteiger partial charge in [0, 0.05) is 19.5 Å². The molecule has 2 N–H and O–H groups in total. The van der Waals surface area contributed by atoms with Crippen molar-refractivity contribution in [3.63, 3.8) is 0 Å². The van der Waals surface area contributed by atoms with E-state index in [9.17, 15) is 9.59 Å². The van der Waals surface area contributed by atoms with Crippen molar-refractivity contribution >= 4 is 11.9 Å². The molecule has 1 aliphatic rings. The van der Waals surface area contributed by atoms with Crippen molar-refractivity contribution < 1.29 is 19.4 Å². The van der Waals surface area contributed by atoms with Gasteiger partial charge in [0.1, 0.15) is 12.4 Å². The highest BCUT2D eigenvalue weighted by Gasteiger charge is 2.09. The minimum Gasteiger partial charge on any atom is -0.492 e. The van der Waals surface area contributed by atoms with E-state index < -0.39 is 5.97 Å². The van der Waals surface area contributed by atoms with Gasteiger partial charge in [-0.1, -0.05) is 18.6 Å². The molecule has 1 aliphatic heterocycles. The zero-order valence-electron chi connectivity index (χ0n) is 14.0. The van der Waals surface area contributed by atoms with Crippen LogP contribution in [0.4, 0.5) is 0 Å². The number of nitrogens with zero attached hydrogens (tertiary/aromatic N) is 1. The molecule has 0 aromatic heterocycles. The number of hydrogen-bond donors (Lipinski definition) is 2. The van der Waals surface area contributed by atoms with E-state index in [0.717, 1.165) is 17.9 Å². The Balaban J connectivity index is 1.64. The Morgan fingerprint density at radius 2 is 1.79 bits per heavy atom. The third-order valence-electron chi connectivity index (χ3n) is 4.10. The van der Waals surface area contributed by atoms with Crippen LogP contribution in [0.2, 0.25) is 0 Å². The Morgan fingerprint density at radius 3 is 2.46 bits per heavy atom. The molecule has 132 valence electrons. The number of amides is 1. The molecule has 0 spiro atoms. The number of benzene rings is 1. The van der Waals surface area contributed by atoms with E-state index >= 15 is 0 Å². The lowest BCUT2D eigenvalue weighted by atomic mass is 10.1. The molecule has 0 bridgehead atoms. The van der Waals surface area contributed by atoms with Crippen LogP contribution in [0.1, 0.15) is 37.7 Å². The van der Waals surface area contributed by atoms with Gasteiger partial charge in [-0.2, -0.15) is 0 Å². The van der Waals surface area contributed by atoms with Crippen molar-refractivity contribution in [1.29, 1.82) is 0 Å². The van der Waals surface area contributed by atoms with Gasteiger partial charge in [-0.05, 0) is 43.6 Å². The fourth-order valence-corrected chi connectivity index (χ4v) is 2.69. The van der Waals surface area contributed by atoms with Crippen LogP contribution >= 0.6 is 0 Å². The van der Waals surface area contributed by atoms with Crippen molar-refractivity contribution in [2.45, 2.75) is 38.6 Å². The van der Waals surface area contributed by atoms with Crippen LogP contribution in [0, 0.1) is 0 Å². The number of piperidine rings is 1. The van der Waals surface area contributed by atoms with Crippen LogP contribution in [-0.2, 0) is 16.1 Å². The molecule has 1 aromatic rings. The lowest BCUT2D eigenvalue weighted by Crippen LogP contribution is -2.33. The summed E-state index contributed by atoms with van der Waals surface area (Å²) in [6, 6.07) is 7.62. The van der Waals surface area contributed by atoms with E-state index in [1.54, 1.807) is 0 Å². The molecule has 6 nitrogen and oxygen atoms in total. The first-order valence-electron chi connectivity index (χ1n) is 8.56. The molecule has 0 unspecified atom stereocenters. The van der Waals surface area contributed by atoms with E-state index in [4.69, 9.17) is 9.84 Å². The number of carboxylic acids is 1. The SMILES string of the molecule is O=C(O)CCC(=O)NCc1ccc(OCCN2CCCCC2)cc1. The average Bonchev–Trinajstić information content (AvgIpc) is 2.60. The summed E-state index contributed by atoms with van der Waals surface area (Å²) in [6.07, 6.45) is 3.77. The van der Waals surface area contributed by atoms with Gasteiger partial charge in [0.05, 0.1) is 6.42 Å². The summed E-state index contributed by atoms with van der Waals surface area (Å²) >= 11 is 0. The maximum atomic E-state index is 11.5. The molecule has 0 radical (unpaired) electrons. The standard InChI is InChI=1S/C18H26N2O4/c21-17(8-9-18(22)23)19-14-15-4-6-16(7-5-15)24-13-12-20-10-2-1-3-11-20/h4-7H,1-3,8-14H2,(H,19,21)(H,22,23). The van der Waals surface area contributed by atoms with Gasteiger partial charge in [0.25, 0.3) is 0 Å². The predicted octanol–water partition coefficient (Wildman–Crippen LogP) is 2.03. The summed E-state index contributed by atoms with van der Waals surface area (Å²) in [5.74, 6) is -0.386. The molecule has 0 aliphatic carbocycles. The first-order chi connectivity index (χ1) is 11.6. The molecule has 6 heteroatoms. The highest BCUT2D eigenvalue weighted by atomic mass is 16.5. The Kier molecular flexibility index (Phi) is 7.55. The molecule has 1 saturated heterocycles. The quantitative estimate of drug-likeness (QED) is 0.722. The minimum absolute atomic E-state index is 0.00697. The Labute approximate surface area is 142 Å². The number of ether oxygens (including phenoxy) is 1. The normalized spacial score (nSPS) is 15.0. The zero-order chi connectivity index (χ0) is 17.2. The van der Waals surface area contributed by atoms with Crippen LogP contribution in [-0.4, -0.2) is 48.1 Å². The Bertz CT molecular complexity index is 524. The first-order valence-corrected chi connectivity index (χ1v) is 8.56. The summed E-state index contributed by atoms with van der Waals surface area (Å²) < 4.78 is 5.76. The van der Waals surface area contributed by atoms with Crippen molar-refractivity contribution in [2.24, 2.45) is 0 Å². The Morgan fingerprint density at radius 1 is 1.08 bits per heavy atom. The number of rotatable bonds is 9. The predicted molar refractivity (Wildman–Crippen MR) is 90.9 cm³/mol. The maximum absolute atomic E-state index is 11.5. The average molecular weight is 334 g/mol. The highest BCUT2D eigenvalue weighted by Crippen LogP contribution is 2.13. The number of likely N-dealkylation sites (tertiary alicyclic amines) is 1. The summed E-state index contributed by atoms with van der Waals surface area (Å²) in [5, 5.41) is 11.2. The van der Waals surface area contributed by atoms with Crippen molar-refractivity contribution in [3.05, 3.63) is 29.8 Å². The molecule has 1 amide bonds. The van der Waals surface area contributed by atoms with Crippen LogP contribution in [0.25, 0.3) is 0 Å². The van der Waals surface area contributed by atoms with E-state index in [-0.39, 0.29) is 18.7 Å². The second kappa shape index (κ2) is 9.93. The van der Waals surface area contributed by atoms with Crippen LogP contribution in [0.5, 0.6) is 5.75 Å². The number of carbonyl (C=O) groups excluding carboxylic acids is 1. The fourth-order valence-electron chi connectivity index (χ4n) is 2.69. The van der Waals surface area contributed by atoms with Crippen LogP contribution in [0.3, 0.4) is 0 Å². The summed E-state index contributed by atoms with van der Waals surface area (Å²) in [4.78, 5) is 24.3. The molecule has 0 atom stereocenters. The van der Waals surface area contributed by atoms with Crippen molar-refractivity contribution in [1.82, 2.24) is 10.2 Å². The number of hydrogen-bond acceptors (Lipinski definition) is 4. The smallest absolute Gasteiger partial charge is 0.303 e. The van der Waals surface area contributed by atoms with Crippen LogP contribution in [0.15, 0.2) is 24.3 Å². The van der Waals surface area contributed by atoms with E-state index in [0.29, 0.717) is 13.2 Å². The molecule has 0 saturated carbocycles. The third kappa shape index (κ3) is 7.00. The monoisotopic (exact) mass is 334 g/mol. The lowest BCUT2D eigenvalue weighted by Gasteiger charge is -2.26. The van der Waals surface area contributed by atoms with Gasteiger partial charge < -0.3 is 15.2 Å². The van der Waals surface area contributed by atoms with Crippen molar-refractivity contribution in [3.8, 4) is 5.75 Å². The summed E-state index contributed by atoms with van der Waals surface area (Å²) in [5.41, 5.74) is 0.960. The Hall–Kier alpha value is -2.08. The molecular formula is C18H26N2O4. The van der Waals surface area contributed by atoms with Crippen molar-refractivity contribution in [2.75, 3.05) is 26.2 Å². The largest absolute Gasteiger partial charge is 0.492 e. The molecular weight excluding hydrogens is 308 g/mol. The highest BCUT2D eigenvalue weighted by molar-refractivity contribution is 5.80. The molecule has 2 rings (SSSR count). The fraction of sp³-hybridized carbons (Fsp3) is 0.556. The lowest BCUT2D eigenvalue weighted by molar-refractivity contribution is -0.138. The molecule has 1 heterocycles. The number of carbonyl (C=O) groups is 2. The van der Waals surface area contributed by atoms with Gasteiger partial charge in [-0.15, -0.1) is 0 Å². The van der Waals surface area contributed by atoms with Gasteiger partial charge in [0.2, 0.25) is 5.91 Å². The van der Waals surface area contributed by atoms with E-state index in [1.807, 2.05) is 24.3 Å². The summed E-state index contributed by atoms with van der Waals surface area (Å²) in [6.45, 7) is 4.38. The first kappa shape index (κ1) is 18.3. The van der Waals surface area contributed by atoms with E-state index in [1.165, 1.54) is 32.4 Å². The van der Waals surface area contributed by atoms with Crippen LogP contribution < -0.4 is 10.1 Å². The molecule has 24 heavy (non-hydrogen) atoms. The summed E-state index contributed by atoms with van der Waals surface area (Å²) in [7, 11) is 0. The third-order valence-corrected chi connectivity index (χ3v) is 4.10. The number of nitrogens with one attached hydrogen (secondary N) is 1. The molecule has 1 fully saturated rings. The van der Waals surface area contributed by atoms with Gasteiger partial charge in [-0.3, -0.25) is 14.5 Å². The number of aliphatic carboxylic acids is 1. The maximum Gasteiger partial charge on any atom is 0.303 e. The second-order valence-electron chi connectivity index (χ2n) is 6.07. The van der Waals surface area contributed by atoms with Gasteiger partial charge >= 0.3 is 5.97 Å². The van der Waals surface area contributed by atoms with Gasteiger partial charge in [-0.25, -0.2) is 0 Å². The minimum atomic E-state index is -0.962. The van der Waals surface area contributed by atoms with E-state index in [2.05, 4.69) is 10.2 Å². The van der Waals surface area contributed by atoms with Gasteiger partial charge in [0.15, 0.2) is 0 Å². The number of carboxylic acid groups (broad SMARTS) is 1. The molecule has 1 aromatic carbocycles. The topological polar surface area (TPSA) is 78.9 Å². The second-order valence-corrected chi connectivity index (χ2v) is 6.07.